The highest BCUT2D eigenvalue weighted by molar-refractivity contribution is 6.15. The zero-order chi connectivity index (χ0) is 33.7. The van der Waals surface area contributed by atoms with Crippen molar-refractivity contribution in [2.45, 2.75) is 19.9 Å². The van der Waals surface area contributed by atoms with E-state index in [9.17, 15) is 0 Å². The molecule has 0 fully saturated rings. The number of nitrogens with zero attached hydrogens (tertiary/aromatic N) is 2. The van der Waals surface area contributed by atoms with Crippen molar-refractivity contribution in [3.05, 3.63) is 181 Å². The monoisotopic (exact) mass is 634 g/mol. The topological polar surface area (TPSA) is 63.3 Å². The predicted octanol–water partition coefficient (Wildman–Crippen LogP) is 10.7. The summed E-state index contributed by atoms with van der Waals surface area (Å²) in [7, 11) is 0. The van der Waals surface area contributed by atoms with Crippen LogP contribution in [-0.4, -0.2) is 17.2 Å². The second-order valence-electron chi connectivity index (χ2n) is 12.2. The molecule has 4 nitrogen and oxygen atoms in total. The van der Waals surface area contributed by atoms with Crippen molar-refractivity contribution in [1.29, 1.82) is 0 Å². The molecule has 0 radical (unpaired) electrons. The Morgan fingerprint density at radius 2 is 1.47 bits per heavy atom. The number of aromatic nitrogens is 1. The number of rotatable bonds is 8. The zero-order valence-electron chi connectivity index (χ0n) is 27.8. The van der Waals surface area contributed by atoms with Crippen LogP contribution in [0.4, 0.5) is 5.69 Å². The summed E-state index contributed by atoms with van der Waals surface area (Å²) in [5.41, 5.74) is 18.3. The van der Waals surface area contributed by atoms with Crippen LogP contribution in [-0.2, 0) is 0 Å². The zero-order valence-corrected chi connectivity index (χ0v) is 27.8. The van der Waals surface area contributed by atoms with Gasteiger partial charge in [-0.1, -0.05) is 97.6 Å². The van der Waals surface area contributed by atoms with Gasteiger partial charge < -0.3 is 11.1 Å². The molecular weight excluding hydrogens is 597 g/mol. The number of fused-ring (bicyclic) bond motifs is 3. The molecule has 0 bridgehead atoms. The van der Waals surface area contributed by atoms with Gasteiger partial charge in [0.05, 0.1) is 11.7 Å². The Bertz CT molecular complexity index is 2360. The minimum absolute atomic E-state index is 0.158. The van der Waals surface area contributed by atoms with Gasteiger partial charge in [0.2, 0.25) is 0 Å². The Morgan fingerprint density at radius 3 is 2.18 bits per heavy atom. The number of hydrogen-bond acceptors (Lipinski definition) is 4. The molecule has 1 atom stereocenters. The third kappa shape index (κ3) is 6.37. The van der Waals surface area contributed by atoms with E-state index < -0.39 is 0 Å². The molecule has 1 aromatic heterocycles. The van der Waals surface area contributed by atoms with Crippen molar-refractivity contribution in [2.75, 3.05) is 0 Å². The normalized spacial score (nSPS) is 15.1. The van der Waals surface area contributed by atoms with E-state index in [0.29, 0.717) is 0 Å². The number of benzene rings is 5. The van der Waals surface area contributed by atoms with Crippen molar-refractivity contribution >= 4 is 44.7 Å². The number of pyridine rings is 1. The molecule has 5 aromatic carbocycles. The van der Waals surface area contributed by atoms with Crippen molar-refractivity contribution < 1.29 is 0 Å². The fourth-order valence-corrected chi connectivity index (χ4v) is 6.57. The SMILES string of the molecule is C=CC=Nc1c(C)c2ccccc2c2cc(-c3cccc(-c4cccc(C5=CC(/C(N)=C/C=C\C)NC(c6cccnc6)=C5)c4)c3)ccc12. The predicted molar refractivity (Wildman–Crippen MR) is 210 cm³/mol. The van der Waals surface area contributed by atoms with Gasteiger partial charge in [0.15, 0.2) is 0 Å². The van der Waals surface area contributed by atoms with Crippen LogP contribution in [0.15, 0.2) is 169 Å². The molecule has 1 unspecified atom stereocenters. The quantitative estimate of drug-likeness (QED) is 0.0995. The maximum absolute atomic E-state index is 6.56. The van der Waals surface area contributed by atoms with Crippen LogP contribution in [0.25, 0.3) is 55.1 Å². The summed E-state index contributed by atoms with van der Waals surface area (Å²) >= 11 is 0. The Morgan fingerprint density at radius 1 is 0.776 bits per heavy atom. The number of allylic oxidation sites excluding steroid dienone is 6. The number of nitrogens with two attached hydrogens (primary N) is 1. The number of aliphatic imine (C=N–C) groups is 1. The number of nitrogens with one attached hydrogen (secondary N) is 1. The molecule has 7 rings (SSSR count). The fourth-order valence-electron chi connectivity index (χ4n) is 6.57. The van der Waals surface area contributed by atoms with Crippen molar-refractivity contribution in [3.8, 4) is 22.3 Å². The molecule has 49 heavy (non-hydrogen) atoms. The van der Waals surface area contributed by atoms with Crippen molar-refractivity contribution in [2.24, 2.45) is 10.7 Å². The smallest absolute Gasteiger partial charge is 0.0851 e. The van der Waals surface area contributed by atoms with E-state index >= 15 is 0 Å². The van der Waals surface area contributed by atoms with Gasteiger partial charge in [-0.3, -0.25) is 9.98 Å². The third-order valence-electron chi connectivity index (χ3n) is 9.06. The summed E-state index contributed by atoms with van der Waals surface area (Å²) < 4.78 is 0. The molecule has 2 heterocycles. The van der Waals surface area contributed by atoms with Gasteiger partial charge in [0.25, 0.3) is 0 Å². The Kier molecular flexibility index (Phi) is 8.86. The van der Waals surface area contributed by atoms with E-state index in [1.165, 1.54) is 21.7 Å². The van der Waals surface area contributed by atoms with Crippen LogP contribution in [0.3, 0.4) is 0 Å². The van der Waals surface area contributed by atoms with Crippen LogP contribution < -0.4 is 11.1 Å². The maximum atomic E-state index is 6.56. The molecule has 0 aliphatic carbocycles. The first kappa shape index (κ1) is 31.3. The van der Waals surface area contributed by atoms with E-state index in [1.54, 1.807) is 18.5 Å². The lowest BCUT2D eigenvalue weighted by Gasteiger charge is -2.25. The molecule has 6 aromatic rings. The molecular formula is C45H38N4. The lowest BCUT2D eigenvalue weighted by molar-refractivity contribution is 0.794. The van der Waals surface area contributed by atoms with E-state index in [2.05, 4.69) is 133 Å². The molecule has 4 heteroatoms. The number of dihydropyridines is 1. The van der Waals surface area contributed by atoms with Crippen LogP contribution in [0.1, 0.15) is 23.6 Å². The van der Waals surface area contributed by atoms with Gasteiger partial charge in [0.1, 0.15) is 0 Å². The van der Waals surface area contributed by atoms with Crippen LogP contribution in [0, 0.1) is 6.92 Å². The van der Waals surface area contributed by atoms with Crippen LogP contribution in [0.5, 0.6) is 0 Å². The maximum Gasteiger partial charge on any atom is 0.0851 e. The second-order valence-corrected chi connectivity index (χ2v) is 12.2. The van der Waals surface area contributed by atoms with Crippen LogP contribution >= 0.6 is 0 Å². The molecule has 238 valence electrons. The second kappa shape index (κ2) is 13.8. The molecule has 0 spiro atoms. The summed E-state index contributed by atoms with van der Waals surface area (Å²) in [5.74, 6) is 0. The van der Waals surface area contributed by atoms with E-state index in [-0.39, 0.29) is 6.04 Å². The van der Waals surface area contributed by atoms with Crippen molar-refractivity contribution in [1.82, 2.24) is 10.3 Å². The molecule has 0 saturated carbocycles. The van der Waals surface area contributed by atoms with Gasteiger partial charge in [-0.2, -0.15) is 0 Å². The highest BCUT2D eigenvalue weighted by Crippen LogP contribution is 2.40. The fraction of sp³-hybridized carbons (Fsp3) is 0.0667. The first-order valence-corrected chi connectivity index (χ1v) is 16.5. The minimum Gasteiger partial charge on any atom is -0.400 e. The Hall–Kier alpha value is -6.26. The lowest BCUT2D eigenvalue weighted by Crippen LogP contribution is -2.33. The highest BCUT2D eigenvalue weighted by Gasteiger charge is 2.19. The third-order valence-corrected chi connectivity index (χ3v) is 9.06. The minimum atomic E-state index is -0.158. The van der Waals surface area contributed by atoms with Crippen molar-refractivity contribution in [3.63, 3.8) is 0 Å². The van der Waals surface area contributed by atoms with Crippen LogP contribution in [0.2, 0.25) is 0 Å². The molecule has 1 aliphatic heterocycles. The molecule has 0 saturated heterocycles. The summed E-state index contributed by atoms with van der Waals surface area (Å²) in [6, 6.07) is 36.7. The Labute approximate surface area is 288 Å². The average Bonchev–Trinajstić information content (AvgIpc) is 3.17. The first-order valence-electron chi connectivity index (χ1n) is 16.5. The van der Waals surface area contributed by atoms with Gasteiger partial charge in [0, 0.05) is 41.0 Å². The van der Waals surface area contributed by atoms with E-state index in [1.807, 2.05) is 37.4 Å². The standard InChI is InChI=1S/C45H38N4/c1-4-6-19-42(46)44-28-37(27-43(49-44)36-16-11-23-47-29-36)34-15-10-13-32(25-34)31-12-9-14-33(24-31)35-20-21-40-41(26-35)39-18-8-7-17-38(39)30(3)45(40)48-22-5-2/h4-29,44,49H,2,46H2,1,3H3/b6-4-,42-19-,48-22?. The summed E-state index contributed by atoms with van der Waals surface area (Å²) in [4.78, 5) is 9.13. The Balaban J connectivity index is 1.29. The summed E-state index contributed by atoms with van der Waals surface area (Å²) in [5, 5.41) is 8.36. The molecule has 0 amide bonds. The first-order chi connectivity index (χ1) is 24.0. The largest absolute Gasteiger partial charge is 0.400 e. The van der Waals surface area contributed by atoms with Gasteiger partial charge in [-0.15, -0.1) is 0 Å². The highest BCUT2D eigenvalue weighted by atomic mass is 15.0. The molecule has 3 N–H and O–H groups in total. The number of hydrogen-bond donors (Lipinski definition) is 2. The summed E-state index contributed by atoms with van der Waals surface area (Å²) in [6.45, 7) is 7.97. The average molecular weight is 635 g/mol. The van der Waals surface area contributed by atoms with E-state index in [0.717, 1.165) is 61.4 Å². The summed E-state index contributed by atoms with van der Waals surface area (Å²) in [6.07, 6.45) is 17.4. The number of aryl methyl sites for hydroxylation is 1. The van der Waals surface area contributed by atoms with Gasteiger partial charge in [-0.25, -0.2) is 0 Å². The lowest BCUT2D eigenvalue weighted by atomic mass is 9.91. The van der Waals surface area contributed by atoms with E-state index in [4.69, 9.17) is 10.7 Å². The van der Waals surface area contributed by atoms with Gasteiger partial charge >= 0.3 is 0 Å². The molecule has 1 aliphatic rings. The van der Waals surface area contributed by atoms with Gasteiger partial charge in [-0.05, 0) is 118 Å².